The fraction of sp³-hybridized carbons (Fsp3) is 0.500. The molecule has 10 heavy (non-hydrogen) atoms. The SMILES string of the molecule is OC(Cl)Cn1[nH]cnc1=S. The number of aromatic amines is 1. The number of hydrogen-bond acceptors (Lipinski definition) is 3. The number of alkyl halides is 1. The molecular formula is C4H6ClN3OS. The molecule has 0 aliphatic rings. The monoisotopic (exact) mass is 179 g/mol. The largest absolute Gasteiger partial charge is 0.376 e. The zero-order valence-corrected chi connectivity index (χ0v) is 6.56. The standard InChI is InChI=1S/C4H6ClN3OS/c5-3(9)1-8-4(10)6-2-7-8/h2-3,9H,1H2,(H,6,7,10). The van der Waals surface area contributed by atoms with E-state index in [1.165, 1.54) is 11.0 Å². The topological polar surface area (TPSA) is 53.8 Å². The van der Waals surface area contributed by atoms with E-state index in [9.17, 15) is 0 Å². The third-order valence-corrected chi connectivity index (χ3v) is 1.42. The summed E-state index contributed by atoms with van der Waals surface area (Å²) in [5.41, 5.74) is -0.924. The van der Waals surface area contributed by atoms with E-state index in [0.717, 1.165) is 0 Å². The maximum Gasteiger partial charge on any atom is 0.215 e. The molecule has 1 atom stereocenters. The Labute approximate surface area is 67.4 Å². The van der Waals surface area contributed by atoms with Crippen LogP contribution in [0.15, 0.2) is 6.33 Å². The molecule has 0 saturated heterocycles. The predicted molar refractivity (Wildman–Crippen MR) is 39.3 cm³/mol. The van der Waals surface area contributed by atoms with Gasteiger partial charge >= 0.3 is 0 Å². The van der Waals surface area contributed by atoms with Crippen LogP contribution in [0.2, 0.25) is 0 Å². The first-order valence-electron chi connectivity index (χ1n) is 2.62. The molecule has 1 aromatic heterocycles. The molecule has 0 radical (unpaired) electrons. The highest BCUT2D eigenvalue weighted by atomic mass is 35.5. The molecule has 0 aliphatic carbocycles. The number of aromatic nitrogens is 3. The molecule has 0 bridgehead atoms. The molecule has 1 unspecified atom stereocenters. The number of aliphatic hydroxyl groups excluding tert-OH is 1. The van der Waals surface area contributed by atoms with Crippen molar-refractivity contribution in [3.8, 4) is 0 Å². The number of hydrogen-bond donors (Lipinski definition) is 2. The molecule has 0 fully saturated rings. The Morgan fingerprint density at radius 1 is 2.00 bits per heavy atom. The third-order valence-electron chi connectivity index (χ3n) is 0.953. The van der Waals surface area contributed by atoms with Crippen LogP contribution in [0.25, 0.3) is 0 Å². The maximum atomic E-state index is 8.70. The lowest BCUT2D eigenvalue weighted by atomic mass is 10.7. The van der Waals surface area contributed by atoms with Gasteiger partial charge in [0.25, 0.3) is 0 Å². The minimum atomic E-state index is -0.924. The van der Waals surface area contributed by atoms with Crippen molar-refractivity contribution in [2.24, 2.45) is 0 Å². The lowest BCUT2D eigenvalue weighted by Crippen LogP contribution is -2.10. The number of rotatable bonds is 2. The van der Waals surface area contributed by atoms with Crippen LogP contribution in [-0.4, -0.2) is 25.4 Å². The van der Waals surface area contributed by atoms with E-state index in [-0.39, 0.29) is 6.54 Å². The van der Waals surface area contributed by atoms with Crippen molar-refractivity contribution in [2.45, 2.75) is 12.1 Å². The van der Waals surface area contributed by atoms with Crippen LogP contribution in [0.1, 0.15) is 0 Å². The molecule has 1 rings (SSSR count). The summed E-state index contributed by atoms with van der Waals surface area (Å²) in [6.07, 6.45) is 1.45. The van der Waals surface area contributed by atoms with E-state index >= 15 is 0 Å². The molecule has 1 aromatic rings. The summed E-state index contributed by atoms with van der Waals surface area (Å²) in [4.78, 5) is 3.72. The minimum absolute atomic E-state index is 0.236. The van der Waals surface area contributed by atoms with Gasteiger partial charge in [0.2, 0.25) is 4.77 Å². The number of aliphatic hydroxyl groups is 1. The summed E-state index contributed by atoms with van der Waals surface area (Å²) in [7, 11) is 0. The normalized spacial score (nSPS) is 13.4. The second kappa shape index (κ2) is 3.14. The van der Waals surface area contributed by atoms with E-state index in [0.29, 0.717) is 4.77 Å². The Morgan fingerprint density at radius 3 is 3.10 bits per heavy atom. The van der Waals surface area contributed by atoms with Crippen LogP contribution in [0.5, 0.6) is 0 Å². The highest BCUT2D eigenvalue weighted by Crippen LogP contribution is 1.94. The maximum absolute atomic E-state index is 8.70. The average Bonchev–Trinajstić information content (AvgIpc) is 2.15. The molecule has 0 saturated carbocycles. The summed E-state index contributed by atoms with van der Waals surface area (Å²) in [6.45, 7) is 0.236. The zero-order valence-electron chi connectivity index (χ0n) is 4.99. The lowest BCUT2D eigenvalue weighted by molar-refractivity contribution is 0.227. The fourth-order valence-electron chi connectivity index (χ4n) is 0.560. The first-order valence-corrected chi connectivity index (χ1v) is 3.47. The minimum Gasteiger partial charge on any atom is -0.376 e. The number of nitrogens with zero attached hydrogens (tertiary/aromatic N) is 2. The molecule has 4 nitrogen and oxygen atoms in total. The van der Waals surface area contributed by atoms with Crippen LogP contribution in [-0.2, 0) is 6.54 Å². The molecule has 56 valence electrons. The average molecular weight is 180 g/mol. The zero-order chi connectivity index (χ0) is 7.56. The Hall–Kier alpha value is -0.390. The highest BCUT2D eigenvalue weighted by molar-refractivity contribution is 7.71. The Bertz CT molecular complexity index is 255. The van der Waals surface area contributed by atoms with Gasteiger partial charge in [-0.25, -0.2) is 4.98 Å². The van der Waals surface area contributed by atoms with Crippen molar-refractivity contribution >= 4 is 23.8 Å². The van der Waals surface area contributed by atoms with E-state index in [2.05, 4.69) is 10.1 Å². The van der Waals surface area contributed by atoms with Crippen molar-refractivity contribution in [2.75, 3.05) is 0 Å². The van der Waals surface area contributed by atoms with Crippen LogP contribution >= 0.6 is 23.8 Å². The van der Waals surface area contributed by atoms with E-state index < -0.39 is 5.56 Å². The summed E-state index contributed by atoms with van der Waals surface area (Å²) in [6, 6.07) is 0. The first-order chi connectivity index (χ1) is 4.70. The van der Waals surface area contributed by atoms with E-state index in [1.807, 2.05) is 0 Å². The van der Waals surface area contributed by atoms with Gasteiger partial charge in [-0.1, -0.05) is 11.6 Å². The number of halogens is 1. The van der Waals surface area contributed by atoms with Crippen LogP contribution < -0.4 is 0 Å². The van der Waals surface area contributed by atoms with Gasteiger partial charge in [-0.05, 0) is 12.2 Å². The van der Waals surface area contributed by atoms with Crippen LogP contribution in [0.3, 0.4) is 0 Å². The molecule has 1 heterocycles. The van der Waals surface area contributed by atoms with Crippen LogP contribution in [0.4, 0.5) is 0 Å². The second-order valence-electron chi connectivity index (χ2n) is 1.71. The van der Waals surface area contributed by atoms with Gasteiger partial charge in [-0.15, -0.1) is 0 Å². The summed E-state index contributed by atoms with van der Waals surface area (Å²) in [5, 5.41) is 11.4. The third kappa shape index (κ3) is 1.80. The molecule has 6 heteroatoms. The molecule has 0 amide bonds. The van der Waals surface area contributed by atoms with Gasteiger partial charge in [0.15, 0.2) is 0 Å². The molecular weight excluding hydrogens is 174 g/mol. The van der Waals surface area contributed by atoms with Crippen molar-refractivity contribution in [1.29, 1.82) is 0 Å². The quantitative estimate of drug-likeness (QED) is 0.514. The molecule has 0 aromatic carbocycles. The van der Waals surface area contributed by atoms with E-state index in [1.54, 1.807) is 0 Å². The van der Waals surface area contributed by atoms with Crippen molar-refractivity contribution in [3.63, 3.8) is 0 Å². The van der Waals surface area contributed by atoms with Gasteiger partial charge in [-0.3, -0.25) is 9.78 Å². The Kier molecular flexibility index (Phi) is 2.42. The van der Waals surface area contributed by atoms with Gasteiger partial charge in [0, 0.05) is 0 Å². The Balaban J connectivity index is 2.75. The van der Waals surface area contributed by atoms with Crippen molar-refractivity contribution in [1.82, 2.24) is 14.8 Å². The van der Waals surface area contributed by atoms with Crippen molar-refractivity contribution < 1.29 is 5.11 Å². The Morgan fingerprint density at radius 2 is 2.70 bits per heavy atom. The lowest BCUT2D eigenvalue weighted by Gasteiger charge is -2.00. The van der Waals surface area contributed by atoms with Gasteiger partial charge in [-0.2, -0.15) is 0 Å². The van der Waals surface area contributed by atoms with Crippen molar-refractivity contribution in [3.05, 3.63) is 11.1 Å². The first kappa shape index (κ1) is 7.71. The van der Waals surface area contributed by atoms with Gasteiger partial charge in [0.1, 0.15) is 11.9 Å². The fourth-order valence-corrected chi connectivity index (χ4v) is 0.878. The predicted octanol–water partition coefficient (Wildman–Crippen LogP) is 0.498. The van der Waals surface area contributed by atoms with Crippen LogP contribution in [0, 0.1) is 4.77 Å². The number of H-pyrrole nitrogens is 1. The summed E-state index contributed by atoms with van der Waals surface area (Å²) < 4.78 is 1.87. The highest BCUT2D eigenvalue weighted by Gasteiger charge is 1.99. The van der Waals surface area contributed by atoms with E-state index in [4.69, 9.17) is 28.9 Å². The van der Waals surface area contributed by atoms with Gasteiger partial charge < -0.3 is 5.11 Å². The summed E-state index contributed by atoms with van der Waals surface area (Å²) in [5.74, 6) is 0. The molecule has 0 aliphatic heterocycles. The molecule has 0 spiro atoms. The number of nitrogens with one attached hydrogen (secondary N) is 1. The second-order valence-corrected chi connectivity index (χ2v) is 2.58. The summed E-state index contributed by atoms with van der Waals surface area (Å²) >= 11 is 10.0. The smallest absolute Gasteiger partial charge is 0.215 e. The molecule has 2 N–H and O–H groups in total. The van der Waals surface area contributed by atoms with Gasteiger partial charge in [0.05, 0.1) is 6.54 Å².